The summed E-state index contributed by atoms with van der Waals surface area (Å²) in [5, 5.41) is 11.3. The van der Waals surface area contributed by atoms with Gasteiger partial charge in [0, 0.05) is 26.7 Å². The highest BCUT2D eigenvalue weighted by Gasteiger charge is 2.11. The van der Waals surface area contributed by atoms with Crippen molar-refractivity contribution in [2.24, 2.45) is 0 Å². The molecule has 6 nitrogen and oxygen atoms in total. The van der Waals surface area contributed by atoms with Crippen LogP contribution in [-0.4, -0.2) is 65.7 Å². The topological polar surface area (TPSA) is 61.4 Å². The average molecular weight is 279 g/mol. The number of aromatic nitrogens is 2. The molecule has 0 saturated heterocycles. The van der Waals surface area contributed by atoms with Gasteiger partial charge in [0.2, 0.25) is 0 Å². The predicted molar refractivity (Wildman–Crippen MR) is 80.9 cm³/mol. The molecule has 0 aliphatic heterocycles. The lowest BCUT2D eigenvalue weighted by Crippen LogP contribution is -2.35. The Bertz CT molecular complexity index is 414. The van der Waals surface area contributed by atoms with Gasteiger partial charge < -0.3 is 15.1 Å². The van der Waals surface area contributed by atoms with Gasteiger partial charge in [0.1, 0.15) is 5.82 Å². The van der Waals surface area contributed by atoms with E-state index < -0.39 is 0 Å². The van der Waals surface area contributed by atoms with Crippen molar-refractivity contribution in [1.29, 1.82) is 0 Å². The van der Waals surface area contributed by atoms with Crippen molar-refractivity contribution in [1.82, 2.24) is 20.0 Å². The molecule has 0 aromatic carbocycles. The lowest BCUT2D eigenvalue weighted by molar-refractivity contribution is 0.0821. The maximum absolute atomic E-state index is 11.7. The molecule has 0 radical (unpaired) electrons. The Morgan fingerprint density at radius 3 is 2.35 bits per heavy atom. The minimum Gasteiger partial charge on any atom is -0.365 e. The van der Waals surface area contributed by atoms with Crippen LogP contribution in [0.15, 0.2) is 12.1 Å². The first-order valence-electron chi connectivity index (χ1n) is 7.02. The van der Waals surface area contributed by atoms with Crippen LogP contribution in [0.1, 0.15) is 31.3 Å². The van der Waals surface area contributed by atoms with E-state index in [1.807, 2.05) is 0 Å². The van der Waals surface area contributed by atoms with Crippen LogP contribution in [-0.2, 0) is 0 Å². The van der Waals surface area contributed by atoms with Gasteiger partial charge in [-0.25, -0.2) is 0 Å². The Hall–Kier alpha value is -1.69. The van der Waals surface area contributed by atoms with Crippen LogP contribution >= 0.6 is 0 Å². The lowest BCUT2D eigenvalue weighted by Gasteiger charge is -2.23. The number of nitrogens with one attached hydrogen (secondary N) is 1. The van der Waals surface area contributed by atoms with Crippen molar-refractivity contribution in [3.63, 3.8) is 0 Å². The number of likely N-dealkylation sites (N-methyl/N-ethyl adjacent to an activating group) is 1. The smallest absolute Gasteiger partial charge is 0.273 e. The van der Waals surface area contributed by atoms with E-state index in [0.29, 0.717) is 11.5 Å². The molecule has 0 fully saturated rings. The Morgan fingerprint density at radius 1 is 1.25 bits per heavy atom. The van der Waals surface area contributed by atoms with E-state index in [9.17, 15) is 4.79 Å². The Balaban J connectivity index is 2.59. The zero-order valence-corrected chi connectivity index (χ0v) is 13.1. The molecule has 0 saturated carbocycles. The molecule has 0 aliphatic carbocycles. The van der Waals surface area contributed by atoms with Gasteiger partial charge in [0.25, 0.3) is 5.91 Å². The van der Waals surface area contributed by atoms with Gasteiger partial charge in [-0.1, -0.05) is 13.8 Å². The van der Waals surface area contributed by atoms with Crippen molar-refractivity contribution in [2.75, 3.05) is 39.0 Å². The van der Waals surface area contributed by atoms with Gasteiger partial charge in [0.05, 0.1) is 0 Å². The number of hydrogen-bond donors (Lipinski definition) is 1. The molecule has 1 rings (SSSR count). The minimum absolute atomic E-state index is 0.139. The minimum atomic E-state index is -0.139. The van der Waals surface area contributed by atoms with E-state index >= 15 is 0 Å². The SMILES string of the molecule is CCN(CC)CC(C)Nc1ccc(C(=O)N(C)C)nn1. The number of carbonyl (C=O) groups excluding carboxylic acids is 1. The summed E-state index contributed by atoms with van der Waals surface area (Å²) in [6.07, 6.45) is 0. The zero-order valence-electron chi connectivity index (χ0n) is 13.1. The molecular formula is C14H25N5O. The highest BCUT2D eigenvalue weighted by atomic mass is 16.2. The largest absolute Gasteiger partial charge is 0.365 e. The van der Waals surface area contributed by atoms with E-state index in [1.54, 1.807) is 26.2 Å². The summed E-state index contributed by atoms with van der Waals surface area (Å²) in [5.74, 6) is 0.556. The van der Waals surface area contributed by atoms with E-state index in [0.717, 1.165) is 19.6 Å². The van der Waals surface area contributed by atoms with Crippen LogP contribution in [0.2, 0.25) is 0 Å². The lowest BCUT2D eigenvalue weighted by atomic mass is 10.3. The Morgan fingerprint density at radius 2 is 1.90 bits per heavy atom. The molecule has 6 heteroatoms. The summed E-state index contributed by atoms with van der Waals surface area (Å²) in [6.45, 7) is 9.43. The first-order chi connectivity index (χ1) is 9.47. The molecule has 1 aromatic heterocycles. The van der Waals surface area contributed by atoms with Crippen molar-refractivity contribution in [3.05, 3.63) is 17.8 Å². The van der Waals surface area contributed by atoms with Gasteiger partial charge in [0.15, 0.2) is 5.69 Å². The highest BCUT2D eigenvalue weighted by Crippen LogP contribution is 2.06. The Kier molecular flexibility index (Phi) is 6.38. The van der Waals surface area contributed by atoms with Crippen molar-refractivity contribution >= 4 is 11.7 Å². The third kappa shape index (κ3) is 4.77. The fourth-order valence-corrected chi connectivity index (χ4v) is 1.92. The van der Waals surface area contributed by atoms with Gasteiger partial charge in [-0.05, 0) is 32.1 Å². The van der Waals surface area contributed by atoms with Crippen LogP contribution in [0.25, 0.3) is 0 Å². The number of rotatable bonds is 7. The average Bonchev–Trinajstić information content (AvgIpc) is 2.44. The van der Waals surface area contributed by atoms with E-state index in [1.165, 1.54) is 4.90 Å². The summed E-state index contributed by atoms with van der Waals surface area (Å²) < 4.78 is 0. The normalized spacial score (nSPS) is 12.3. The zero-order chi connectivity index (χ0) is 15.1. The van der Waals surface area contributed by atoms with Crippen molar-refractivity contribution < 1.29 is 4.79 Å². The first kappa shape index (κ1) is 16.4. The number of carbonyl (C=O) groups is 1. The summed E-state index contributed by atoms with van der Waals surface area (Å²) in [6, 6.07) is 3.77. The van der Waals surface area contributed by atoms with E-state index in [2.05, 4.69) is 41.2 Å². The maximum atomic E-state index is 11.7. The van der Waals surface area contributed by atoms with Gasteiger partial charge in [-0.2, -0.15) is 0 Å². The highest BCUT2D eigenvalue weighted by molar-refractivity contribution is 5.91. The fourth-order valence-electron chi connectivity index (χ4n) is 1.92. The second-order valence-electron chi connectivity index (χ2n) is 5.03. The van der Waals surface area contributed by atoms with Crippen LogP contribution in [0.4, 0.5) is 5.82 Å². The number of anilines is 1. The van der Waals surface area contributed by atoms with Crippen molar-refractivity contribution in [2.45, 2.75) is 26.8 Å². The fraction of sp³-hybridized carbons (Fsp3) is 0.643. The Labute approximate surface area is 121 Å². The number of amides is 1. The summed E-state index contributed by atoms with van der Waals surface area (Å²) in [7, 11) is 3.39. The molecule has 20 heavy (non-hydrogen) atoms. The van der Waals surface area contributed by atoms with Crippen LogP contribution in [0.3, 0.4) is 0 Å². The molecule has 1 amide bonds. The quantitative estimate of drug-likeness (QED) is 0.815. The predicted octanol–water partition coefficient (Wildman–Crippen LogP) is 1.32. The molecule has 1 unspecified atom stereocenters. The number of nitrogens with zero attached hydrogens (tertiary/aromatic N) is 4. The standard InChI is InChI=1S/C14H25N5O/c1-6-19(7-2)10-11(3)15-13-9-8-12(16-17-13)14(20)18(4)5/h8-9,11H,6-7,10H2,1-5H3,(H,15,17). The molecule has 0 bridgehead atoms. The summed E-state index contributed by atoms with van der Waals surface area (Å²) in [4.78, 5) is 15.5. The molecule has 1 N–H and O–H groups in total. The van der Waals surface area contributed by atoms with Crippen LogP contribution in [0, 0.1) is 0 Å². The number of hydrogen-bond acceptors (Lipinski definition) is 5. The van der Waals surface area contributed by atoms with Crippen molar-refractivity contribution in [3.8, 4) is 0 Å². The third-order valence-electron chi connectivity index (χ3n) is 3.11. The molecular weight excluding hydrogens is 254 g/mol. The molecule has 0 spiro atoms. The molecule has 1 heterocycles. The van der Waals surface area contributed by atoms with Gasteiger partial charge >= 0.3 is 0 Å². The second-order valence-corrected chi connectivity index (χ2v) is 5.03. The second kappa shape index (κ2) is 7.79. The molecule has 0 aliphatic rings. The summed E-state index contributed by atoms with van der Waals surface area (Å²) in [5.41, 5.74) is 0.358. The van der Waals surface area contributed by atoms with Crippen LogP contribution < -0.4 is 5.32 Å². The summed E-state index contributed by atoms with van der Waals surface area (Å²) >= 11 is 0. The van der Waals surface area contributed by atoms with Crippen LogP contribution in [0.5, 0.6) is 0 Å². The van der Waals surface area contributed by atoms with Gasteiger partial charge in [-0.15, -0.1) is 10.2 Å². The monoisotopic (exact) mass is 279 g/mol. The third-order valence-corrected chi connectivity index (χ3v) is 3.11. The molecule has 1 atom stereocenters. The maximum Gasteiger partial charge on any atom is 0.273 e. The van der Waals surface area contributed by atoms with E-state index in [4.69, 9.17) is 0 Å². The molecule has 112 valence electrons. The molecule has 1 aromatic rings. The van der Waals surface area contributed by atoms with Gasteiger partial charge in [-0.3, -0.25) is 4.79 Å². The first-order valence-corrected chi connectivity index (χ1v) is 7.02. The van der Waals surface area contributed by atoms with E-state index in [-0.39, 0.29) is 11.9 Å².